The molecule has 4 nitrogen and oxygen atoms in total. The largest absolute Gasteiger partial charge is 0.343 e. The summed E-state index contributed by atoms with van der Waals surface area (Å²) >= 11 is 1.47. The van der Waals surface area contributed by atoms with E-state index in [2.05, 4.69) is 32.2 Å². The molecule has 0 bridgehead atoms. The molecule has 2 aromatic heterocycles. The number of nitrogens with two attached hydrogens (primary N) is 1. The van der Waals surface area contributed by atoms with Gasteiger partial charge in [-0.1, -0.05) is 50.6 Å². The number of hydrogen-bond acceptors (Lipinski definition) is 4. The Labute approximate surface area is 182 Å². The molecule has 158 valence electrons. The highest BCUT2D eigenvalue weighted by molar-refractivity contribution is 7.20. The topological polar surface area (TPSA) is 68.0 Å². The smallest absolute Gasteiger partial charge is 0.261 e. The van der Waals surface area contributed by atoms with Crippen LogP contribution in [-0.4, -0.2) is 17.4 Å². The van der Waals surface area contributed by atoms with Gasteiger partial charge in [0.25, 0.3) is 5.91 Å². The fourth-order valence-corrected chi connectivity index (χ4v) is 5.22. The third kappa shape index (κ3) is 4.28. The molecule has 1 amide bonds. The summed E-state index contributed by atoms with van der Waals surface area (Å²) in [6.45, 7) is 9.38. The van der Waals surface area contributed by atoms with E-state index in [0.29, 0.717) is 22.8 Å². The van der Waals surface area contributed by atoms with E-state index in [1.54, 1.807) is 0 Å². The maximum atomic E-state index is 12.9. The number of fused-ring (bicyclic) bond motifs is 2. The van der Waals surface area contributed by atoms with Gasteiger partial charge in [0.1, 0.15) is 4.83 Å². The number of nitrogens with zero attached hydrogens (tertiary/aromatic N) is 1. The van der Waals surface area contributed by atoms with Crippen LogP contribution in [0, 0.1) is 18.3 Å². The van der Waals surface area contributed by atoms with Gasteiger partial charge in [-0.25, -0.2) is 4.98 Å². The van der Waals surface area contributed by atoms with Crippen LogP contribution in [0.2, 0.25) is 0 Å². The number of amides is 1. The van der Waals surface area contributed by atoms with Gasteiger partial charge in [-0.15, -0.1) is 11.3 Å². The van der Waals surface area contributed by atoms with Gasteiger partial charge in [-0.3, -0.25) is 4.79 Å². The molecular weight excluding hydrogens is 390 g/mol. The third-order valence-corrected chi connectivity index (χ3v) is 7.39. The summed E-state index contributed by atoms with van der Waals surface area (Å²) in [7, 11) is 0. The fraction of sp³-hybridized carbons (Fsp3) is 0.440. The van der Waals surface area contributed by atoms with E-state index < -0.39 is 0 Å². The molecule has 5 heteroatoms. The highest BCUT2D eigenvalue weighted by Gasteiger charge is 2.29. The minimum Gasteiger partial charge on any atom is -0.343 e. The van der Waals surface area contributed by atoms with Gasteiger partial charge in [-0.05, 0) is 60.8 Å². The molecule has 0 radical (unpaired) electrons. The van der Waals surface area contributed by atoms with E-state index in [4.69, 9.17) is 10.7 Å². The van der Waals surface area contributed by atoms with Crippen molar-refractivity contribution in [2.75, 3.05) is 6.54 Å². The van der Waals surface area contributed by atoms with Crippen molar-refractivity contribution in [3.8, 4) is 0 Å². The Kier molecular flexibility index (Phi) is 5.69. The lowest BCUT2D eigenvalue weighted by atomic mass is 9.71. The Morgan fingerprint density at radius 3 is 2.67 bits per heavy atom. The first-order valence-electron chi connectivity index (χ1n) is 10.7. The Bertz CT molecular complexity index is 1060. The van der Waals surface area contributed by atoms with Gasteiger partial charge in [0.05, 0.1) is 10.9 Å². The quantitative estimate of drug-likeness (QED) is 0.609. The zero-order chi connectivity index (χ0) is 21.5. The molecule has 0 saturated heterocycles. The zero-order valence-corrected chi connectivity index (χ0v) is 19.1. The first-order chi connectivity index (χ1) is 14.2. The Morgan fingerprint density at radius 1 is 1.27 bits per heavy atom. The molecule has 3 aromatic rings. The summed E-state index contributed by atoms with van der Waals surface area (Å²) in [5.41, 5.74) is 11.0. The van der Waals surface area contributed by atoms with Crippen LogP contribution in [0.3, 0.4) is 0 Å². The summed E-state index contributed by atoms with van der Waals surface area (Å²) < 4.78 is 0. The summed E-state index contributed by atoms with van der Waals surface area (Å²) in [4.78, 5) is 19.5. The van der Waals surface area contributed by atoms with Crippen molar-refractivity contribution in [2.24, 2.45) is 17.1 Å². The molecule has 4 rings (SSSR count). The highest BCUT2D eigenvalue weighted by Crippen LogP contribution is 2.38. The van der Waals surface area contributed by atoms with Crippen molar-refractivity contribution in [3.05, 3.63) is 63.7 Å². The lowest BCUT2D eigenvalue weighted by molar-refractivity contribution is 0.0942. The van der Waals surface area contributed by atoms with Crippen molar-refractivity contribution in [1.29, 1.82) is 0 Å². The van der Waals surface area contributed by atoms with Crippen LogP contribution in [0.15, 0.2) is 36.4 Å². The summed E-state index contributed by atoms with van der Waals surface area (Å²) in [6, 6.07) is 12.2. The van der Waals surface area contributed by atoms with E-state index in [1.165, 1.54) is 34.6 Å². The van der Waals surface area contributed by atoms with Crippen LogP contribution < -0.4 is 11.1 Å². The Balaban J connectivity index is 1.56. The molecule has 1 unspecified atom stereocenters. The second kappa shape index (κ2) is 8.12. The van der Waals surface area contributed by atoms with Crippen LogP contribution >= 0.6 is 11.3 Å². The van der Waals surface area contributed by atoms with E-state index in [-0.39, 0.29) is 11.9 Å². The summed E-state index contributed by atoms with van der Waals surface area (Å²) in [6.07, 6.45) is 3.28. The van der Waals surface area contributed by atoms with Crippen LogP contribution in [0.5, 0.6) is 0 Å². The number of carbonyl (C=O) groups is 1. The molecule has 30 heavy (non-hydrogen) atoms. The molecule has 1 aromatic carbocycles. The minimum atomic E-state index is -0.197. The number of rotatable bonds is 4. The molecule has 3 N–H and O–H groups in total. The minimum absolute atomic E-state index is 0.0837. The number of aryl methyl sites for hydroxylation is 2. The number of pyridine rings is 1. The van der Waals surface area contributed by atoms with Gasteiger partial charge in [0, 0.05) is 17.6 Å². The lowest BCUT2D eigenvalue weighted by Crippen LogP contribution is -2.32. The van der Waals surface area contributed by atoms with Crippen LogP contribution in [0.4, 0.5) is 0 Å². The SMILES string of the molecule is Cc1ccc([C@@H](CN)NC(=O)c2cc3cc4c(nc3s2)CCC(C(C)(C)C)C4)cc1. The third-order valence-electron chi connectivity index (χ3n) is 6.34. The van der Waals surface area contributed by atoms with Crippen LogP contribution in [-0.2, 0) is 12.8 Å². The summed E-state index contributed by atoms with van der Waals surface area (Å²) in [5.74, 6) is 0.588. The van der Waals surface area contributed by atoms with Crippen molar-refractivity contribution in [2.45, 2.75) is 53.0 Å². The molecular formula is C25H31N3OS. The second-order valence-electron chi connectivity index (χ2n) is 9.58. The maximum absolute atomic E-state index is 12.9. The average Bonchev–Trinajstić information content (AvgIpc) is 3.12. The molecule has 0 spiro atoms. The first-order valence-corrected chi connectivity index (χ1v) is 11.6. The number of hydrogen-bond donors (Lipinski definition) is 2. The zero-order valence-electron chi connectivity index (χ0n) is 18.3. The highest BCUT2D eigenvalue weighted by atomic mass is 32.1. The number of thiophene rings is 1. The van der Waals surface area contributed by atoms with Gasteiger partial charge in [0.15, 0.2) is 0 Å². The molecule has 2 atom stereocenters. The summed E-state index contributed by atoms with van der Waals surface area (Å²) in [5, 5.41) is 4.16. The van der Waals surface area contributed by atoms with Crippen molar-refractivity contribution >= 4 is 27.5 Å². The van der Waals surface area contributed by atoms with Gasteiger partial charge >= 0.3 is 0 Å². The molecule has 1 aliphatic carbocycles. The van der Waals surface area contributed by atoms with Crippen molar-refractivity contribution in [1.82, 2.24) is 10.3 Å². The predicted octanol–water partition coefficient (Wildman–Crippen LogP) is 5.19. The van der Waals surface area contributed by atoms with Crippen LogP contribution in [0.25, 0.3) is 10.2 Å². The van der Waals surface area contributed by atoms with Gasteiger partial charge in [0.2, 0.25) is 0 Å². The Morgan fingerprint density at radius 2 is 2.00 bits per heavy atom. The molecule has 0 aliphatic heterocycles. The van der Waals surface area contributed by atoms with Crippen LogP contribution in [0.1, 0.15) is 65.3 Å². The molecule has 1 aliphatic rings. The van der Waals surface area contributed by atoms with Crippen molar-refractivity contribution in [3.63, 3.8) is 0 Å². The fourth-order valence-electron chi connectivity index (χ4n) is 4.28. The number of carbonyl (C=O) groups excluding carboxylic acids is 1. The number of aromatic nitrogens is 1. The molecule has 0 saturated carbocycles. The van der Waals surface area contributed by atoms with E-state index in [9.17, 15) is 4.79 Å². The van der Waals surface area contributed by atoms with Gasteiger partial charge < -0.3 is 11.1 Å². The number of benzene rings is 1. The maximum Gasteiger partial charge on any atom is 0.261 e. The van der Waals surface area contributed by atoms with Gasteiger partial charge in [-0.2, -0.15) is 0 Å². The monoisotopic (exact) mass is 421 g/mol. The lowest BCUT2D eigenvalue weighted by Gasteiger charge is -2.34. The number of nitrogens with one attached hydrogen (secondary N) is 1. The van der Waals surface area contributed by atoms with Crippen molar-refractivity contribution < 1.29 is 4.79 Å². The van der Waals surface area contributed by atoms with E-state index in [1.807, 2.05) is 37.3 Å². The van der Waals surface area contributed by atoms with E-state index in [0.717, 1.165) is 28.6 Å². The Hall–Kier alpha value is -2.24. The standard InChI is InChI=1S/C25H31N3OS/c1-15-5-7-16(8-6-15)21(14-26)27-23(29)22-13-18-11-17-12-19(25(2,3)4)9-10-20(17)28-24(18)30-22/h5-8,11,13,19,21H,9-10,12,14,26H2,1-4H3,(H,27,29)/t19?,21-/m1/s1. The second-order valence-corrected chi connectivity index (χ2v) is 10.6. The molecule has 0 fully saturated rings. The molecule has 2 heterocycles. The normalized spacial score (nSPS) is 17.6. The van der Waals surface area contributed by atoms with E-state index >= 15 is 0 Å². The first kappa shape index (κ1) is 21.0. The average molecular weight is 422 g/mol. The predicted molar refractivity (Wildman–Crippen MR) is 125 cm³/mol.